The fraction of sp³-hybridized carbons (Fsp3) is 0.600. The number of sulfone groups is 1. The topological polar surface area (TPSA) is 74.8 Å². The highest BCUT2D eigenvalue weighted by molar-refractivity contribution is 7.91. The Morgan fingerprint density at radius 2 is 1.83 bits per heavy atom. The lowest BCUT2D eigenvalue weighted by molar-refractivity contribution is -0.136. The number of piperazine rings is 1. The highest BCUT2D eigenvalue weighted by Crippen LogP contribution is 2.23. The smallest absolute Gasteiger partial charge is 0.264 e. The van der Waals surface area contributed by atoms with Crippen LogP contribution in [0.1, 0.15) is 21.7 Å². The van der Waals surface area contributed by atoms with Crippen LogP contribution < -0.4 is 0 Å². The standard InChI is InChI=1S/C15H20N2O4S2/c1-11-2-8-22-13(11)15(19)17-6-4-16(5-7-17)14(18)12-3-9-23(20,21)10-12/h2,8,12H,3-7,9-10H2,1H3. The van der Waals surface area contributed by atoms with E-state index in [9.17, 15) is 18.0 Å². The Balaban J connectivity index is 1.57. The molecule has 0 spiro atoms. The van der Waals surface area contributed by atoms with Crippen molar-refractivity contribution in [3.63, 3.8) is 0 Å². The summed E-state index contributed by atoms with van der Waals surface area (Å²) in [6, 6.07) is 1.93. The number of nitrogens with zero attached hydrogens (tertiary/aromatic N) is 2. The van der Waals surface area contributed by atoms with Crippen molar-refractivity contribution in [3.05, 3.63) is 21.9 Å². The molecule has 0 bridgehead atoms. The second-order valence-corrected chi connectivity index (χ2v) is 9.30. The molecule has 2 aliphatic rings. The van der Waals surface area contributed by atoms with Gasteiger partial charge in [-0.25, -0.2) is 8.42 Å². The molecule has 0 radical (unpaired) electrons. The lowest BCUT2D eigenvalue weighted by Crippen LogP contribution is -2.52. The van der Waals surface area contributed by atoms with Crippen molar-refractivity contribution < 1.29 is 18.0 Å². The Labute approximate surface area is 140 Å². The molecule has 23 heavy (non-hydrogen) atoms. The third-order valence-electron chi connectivity index (χ3n) is 4.52. The van der Waals surface area contributed by atoms with Crippen LogP contribution in [0.3, 0.4) is 0 Å². The molecule has 0 aromatic carbocycles. The molecule has 6 nitrogen and oxygen atoms in total. The molecule has 8 heteroatoms. The summed E-state index contributed by atoms with van der Waals surface area (Å²) in [6.07, 6.45) is 0.425. The lowest BCUT2D eigenvalue weighted by Gasteiger charge is -2.35. The van der Waals surface area contributed by atoms with Crippen LogP contribution in [0.2, 0.25) is 0 Å². The van der Waals surface area contributed by atoms with E-state index in [2.05, 4.69) is 0 Å². The average molecular weight is 356 g/mol. The Morgan fingerprint density at radius 1 is 1.17 bits per heavy atom. The number of rotatable bonds is 2. The Hall–Kier alpha value is -1.41. The van der Waals surface area contributed by atoms with E-state index in [1.807, 2.05) is 18.4 Å². The predicted octanol–water partition coefficient (Wildman–Crippen LogP) is 0.776. The van der Waals surface area contributed by atoms with Gasteiger partial charge in [0.2, 0.25) is 5.91 Å². The van der Waals surface area contributed by atoms with Gasteiger partial charge in [-0.1, -0.05) is 0 Å². The van der Waals surface area contributed by atoms with Crippen molar-refractivity contribution in [2.24, 2.45) is 5.92 Å². The van der Waals surface area contributed by atoms with Gasteiger partial charge >= 0.3 is 0 Å². The van der Waals surface area contributed by atoms with Gasteiger partial charge in [0.15, 0.2) is 9.84 Å². The molecule has 2 amide bonds. The van der Waals surface area contributed by atoms with Gasteiger partial charge in [0, 0.05) is 26.2 Å². The minimum atomic E-state index is -3.05. The lowest BCUT2D eigenvalue weighted by atomic mass is 10.1. The molecular weight excluding hydrogens is 336 g/mol. The van der Waals surface area contributed by atoms with Gasteiger partial charge in [-0.05, 0) is 30.4 Å². The third-order valence-corrected chi connectivity index (χ3v) is 7.29. The molecule has 1 aromatic rings. The molecular formula is C15H20N2O4S2. The zero-order chi connectivity index (χ0) is 16.6. The third kappa shape index (κ3) is 3.42. The first-order valence-corrected chi connectivity index (χ1v) is 10.4. The minimum absolute atomic E-state index is 0.0213. The van der Waals surface area contributed by atoms with Gasteiger partial charge in [0.05, 0.1) is 22.3 Å². The van der Waals surface area contributed by atoms with E-state index in [0.717, 1.165) is 10.4 Å². The Morgan fingerprint density at radius 3 is 2.35 bits per heavy atom. The van der Waals surface area contributed by atoms with Gasteiger partial charge in [-0.3, -0.25) is 9.59 Å². The first-order chi connectivity index (χ1) is 10.9. The van der Waals surface area contributed by atoms with E-state index in [1.165, 1.54) is 11.3 Å². The van der Waals surface area contributed by atoms with E-state index in [1.54, 1.807) is 9.80 Å². The number of hydrogen-bond acceptors (Lipinski definition) is 5. The Kier molecular flexibility index (Phi) is 4.46. The van der Waals surface area contributed by atoms with Crippen LogP contribution in [0.4, 0.5) is 0 Å². The van der Waals surface area contributed by atoms with Crippen molar-refractivity contribution in [1.82, 2.24) is 9.80 Å². The molecule has 126 valence electrons. The first-order valence-electron chi connectivity index (χ1n) is 7.70. The first kappa shape index (κ1) is 16.4. The maximum Gasteiger partial charge on any atom is 0.264 e. The van der Waals surface area contributed by atoms with E-state index in [4.69, 9.17) is 0 Å². The van der Waals surface area contributed by atoms with Crippen LogP contribution in [-0.2, 0) is 14.6 Å². The average Bonchev–Trinajstić information content (AvgIpc) is 3.11. The van der Waals surface area contributed by atoms with Gasteiger partial charge in [0.25, 0.3) is 5.91 Å². The number of amides is 2. The monoisotopic (exact) mass is 356 g/mol. The Bertz CT molecular complexity index is 718. The van der Waals surface area contributed by atoms with Gasteiger partial charge in [0.1, 0.15) is 0 Å². The maximum atomic E-state index is 12.5. The van der Waals surface area contributed by atoms with E-state index >= 15 is 0 Å². The second-order valence-electron chi connectivity index (χ2n) is 6.15. The summed E-state index contributed by atoms with van der Waals surface area (Å²) in [7, 11) is -3.05. The van der Waals surface area contributed by atoms with E-state index < -0.39 is 15.8 Å². The van der Waals surface area contributed by atoms with Crippen molar-refractivity contribution in [2.75, 3.05) is 37.7 Å². The molecule has 2 fully saturated rings. The predicted molar refractivity (Wildman–Crippen MR) is 88.3 cm³/mol. The summed E-state index contributed by atoms with van der Waals surface area (Å²) < 4.78 is 23.0. The SMILES string of the molecule is Cc1ccsc1C(=O)N1CCN(C(=O)C2CCS(=O)(=O)C2)CC1. The molecule has 2 aliphatic heterocycles. The maximum absolute atomic E-state index is 12.5. The van der Waals surface area contributed by atoms with Crippen LogP contribution in [0, 0.1) is 12.8 Å². The number of carbonyl (C=O) groups excluding carboxylic acids is 2. The van der Waals surface area contributed by atoms with Crippen molar-refractivity contribution >= 4 is 33.0 Å². The number of thiophene rings is 1. The van der Waals surface area contributed by atoms with Crippen LogP contribution in [0.5, 0.6) is 0 Å². The van der Waals surface area contributed by atoms with Crippen LogP contribution >= 0.6 is 11.3 Å². The van der Waals surface area contributed by atoms with Crippen molar-refractivity contribution in [3.8, 4) is 0 Å². The molecule has 0 saturated carbocycles. The van der Waals surface area contributed by atoms with Crippen LogP contribution in [0.25, 0.3) is 0 Å². The summed E-state index contributed by atoms with van der Waals surface area (Å²) in [5.74, 6) is -0.376. The van der Waals surface area contributed by atoms with Crippen LogP contribution in [-0.4, -0.2) is 67.7 Å². The van der Waals surface area contributed by atoms with Crippen LogP contribution in [0.15, 0.2) is 11.4 Å². The quantitative estimate of drug-likeness (QED) is 0.785. The zero-order valence-corrected chi connectivity index (χ0v) is 14.7. The largest absolute Gasteiger partial charge is 0.339 e. The summed E-state index contributed by atoms with van der Waals surface area (Å²) in [4.78, 5) is 29.1. The molecule has 2 saturated heterocycles. The van der Waals surface area contributed by atoms with E-state index in [0.29, 0.717) is 32.6 Å². The summed E-state index contributed by atoms with van der Waals surface area (Å²) in [5, 5.41) is 1.91. The summed E-state index contributed by atoms with van der Waals surface area (Å²) in [6.45, 7) is 3.88. The number of aryl methyl sites for hydroxylation is 1. The van der Waals surface area contributed by atoms with Gasteiger partial charge in [-0.15, -0.1) is 11.3 Å². The molecule has 3 rings (SSSR count). The molecule has 1 aromatic heterocycles. The summed E-state index contributed by atoms with van der Waals surface area (Å²) in [5.41, 5.74) is 0.981. The van der Waals surface area contributed by atoms with Gasteiger partial charge < -0.3 is 9.80 Å². The van der Waals surface area contributed by atoms with Crippen molar-refractivity contribution in [1.29, 1.82) is 0 Å². The zero-order valence-electron chi connectivity index (χ0n) is 13.0. The fourth-order valence-corrected chi connectivity index (χ4v) is 5.74. The normalized spacial score (nSPS) is 24.0. The molecule has 1 atom stereocenters. The molecule has 0 N–H and O–H groups in total. The number of hydrogen-bond donors (Lipinski definition) is 0. The minimum Gasteiger partial charge on any atom is -0.339 e. The molecule has 0 aliphatic carbocycles. The fourth-order valence-electron chi connectivity index (χ4n) is 3.11. The molecule has 3 heterocycles. The highest BCUT2D eigenvalue weighted by Gasteiger charge is 2.36. The van der Waals surface area contributed by atoms with Crippen molar-refractivity contribution in [2.45, 2.75) is 13.3 Å². The molecule has 1 unspecified atom stereocenters. The summed E-state index contributed by atoms with van der Waals surface area (Å²) >= 11 is 1.44. The second kappa shape index (κ2) is 6.24. The highest BCUT2D eigenvalue weighted by atomic mass is 32.2. The van der Waals surface area contributed by atoms with E-state index in [-0.39, 0.29) is 23.3 Å². The number of carbonyl (C=O) groups is 2. The van der Waals surface area contributed by atoms with Gasteiger partial charge in [-0.2, -0.15) is 0 Å².